The Kier molecular flexibility index (Phi) is 5.36. The molecular weight excluding hydrogens is 312 g/mol. The molecule has 0 saturated heterocycles. The molecule has 120 valence electrons. The van der Waals surface area contributed by atoms with Crippen LogP contribution in [0, 0.1) is 0 Å². The fourth-order valence-electron chi connectivity index (χ4n) is 1.50. The van der Waals surface area contributed by atoms with E-state index in [1.165, 1.54) is 0 Å². The molecule has 1 aromatic carbocycles. The molecule has 0 radical (unpaired) electrons. The van der Waals surface area contributed by atoms with Gasteiger partial charge in [-0.1, -0.05) is 32.9 Å². The van der Waals surface area contributed by atoms with Crippen LogP contribution in [-0.2, 0) is 25.1 Å². The number of hydrogen-bond acceptors (Lipinski definition) is 4. The van der Waals surface area contributed by atoms with Gasteiger partial charge in [0.05, 0.1) is 9.30 Å². The molecule has 0 amide bonds. The summed E-state index contributed by atoms with van der Waals surface area (Å²) in [4.78, 5) is 0. The zero-order valence-corrected chi connectivity index (χ0v) is 14.1. The third-order valence-electron chi connectivity index (χ3n) is 2.60. The zero-order valence-electron chi connectivity index (χ0n) is 16.5. The molecule has 0 aliphatic heterocycles. The highest BCUT2D eigenvalue weighted by Gasteiger charge is 2.14. The molecule has 21 heavy (non-hydrogen) atoms. The summed E-state index contributed by atoms with van der Waals surface area (Å²) >= 11 is 2.69. The lowest BCUT2D eigenvalue weighted by Gasteiger charge is -2.19. The third-order valence-corrected chi connectivity index (χ3v) is 3.38. The standard InChI is InChI=1S/C15H23ClO4S/c1-12(20-21(17)19-10-9-16)11-18-14-7-5-13(6-8-14)15(2,3)4/h5-8,12H,9-11H2,1-4H3/i9D2,10D2. The van der Waals surface area contributed by atoms with Crippen molar-refractivity contribution in [2.75, 3.05) is 19.0 Å². The van der Waals surface area contributed by atoms with Crippen molar-refractivity contribution in [3.05, 3.63) is 29.8 Å². The second-order valence-corrected chi connectivity index (χ2v) is 6.43. The molecule has 0 N–H and O–H groups in total. The van der Waals surface area contributed by atoms with Crippen LogP contribution in [0.25, 0.3) is 0 Å². The van der Waals surface area contributed by atoms with Crippen molar-refractivity contribution < 1.29 is 22.8 Å². The molecule has 6 heteroatoms. The van der Waals surface area contributed by atoms with Crippen molar-refractivity contribution in [3.63, 3.8) is 0 Å². The van der Waals surface area contributed by atoms with E-state index in [-0.39, 0.29) is 12.0 Å². The van der Waals surface area contributed by atoms with Gasteiger partial charge in [-0.2, -0.15) is 4.21 Å². The molecule has 2 atom stereocenters. The summed E-state index contributed by atoms with van der Waals surface area (Å²) in [7, 11) is 0. The first-order valence-electron chi connectivity index (χ1n) is 8.43. The van der Waals surface area contributed by atoms with Crippen LogP contribution < -0.4 is 4.74 Å². The van der Waals surface area contributed by atoms with E-state index in [0.29, 0.717) is 5.75 Å². The number of alkyl halides is 1. The van der Waals surface area contributed by atoms with Gasteiger partial charge in [-0.3, -0.25) is 8.37 Å². The maximum absolute atomic E-state index is 11.6. The Morgan fingerprint density at radius 2 is 1.95 bits per heavy atom. The first kappa shape index (κ1) is 12.9. The molecule has 0 spiro atoms. The predicted molar refractivity (Wildman–Crippen MR) is 86.0 cm³/mol. The minimum Gasteiger partial charge on any atom is -0.491 e. The van der Waals surface area contributed by atoms with E-state index in [9.17, 15) is 4.21 Å². The van der Waals surface area contributed by atoms with E-state index >= 15 is 0 Å². The lowest BCUT2D eigenvalue weighted by molar-refractivity contribution is 0.137. The van der Waals surface area contributed by atoms with Crippen LogP contribution in [-0.4, -0.2) is 29.3 Å². The molecule has 0 aromatic heterocycles. The summed E-state index contributed by atoms with van der Waals surface area (Å²) in [6, 6.07) is 7.56. The maximum atomic E-state index is 11.6. The van der Waals surface area contributed by atoms with Gasteiger partial charge in [0.25, 0.3) is 0 Å². The summed E-state index contributed by atoms with van der Waals surface area (Å²) in [6.45, 7) is 4.97. The average molecular weight is 339 g/mol. The van der Waals surface area contributed by atoms with E-state index in [2.05, 4.69) is 25.0 Å². The highest BCUT2D eigenvalue weighted by Crippen LogP contribution is 2.24. The van der Waals surface area contributed by atoms with Gasteiger partial charge in [0, 0.05) is 8.57 Å². The smallest absolute Gasteiger partial charge is 0.305 e. The molecule has 0 aliphatic carbocycles. The molecule has 4 nitrogen and oxygen atoms in total. The number of halogens is 1. The summed E-state index contributed by atoms with van der Waals surface area (Å²) in [6.07, 6.45) is -0.680. The van der Waals surface area contributed by atoms with Gasteiger partial charge in [0.15, 0.2) is 0 Å². The Labute approximate surface area is 140 Å². The monoisotopic (exact) mass is 338 g/mol. The lowest BCUT2D eigenvalue weighted by Crippen LogP contribution is -2.20. The van der Waals surface area contributed by atoms with Crippen molar-refractivity contribution in [2.24, 2.45) is 0 Å². The van der Waals surface area contributed by atoms with Gasteiger partial charge in [-0.25, -0.2) is 0 Å². The molecule has 1 rings (SSSR count). The van der Waals surface area contributed by atoms with Crippen LogP contribution in [0.4, 0.5) is 0 Å². The highest BCUT2D eigenvalue weighted by molar-refractivity contribution is 7.75. The SMILES string of the molecule is [2H]C([2H])(Cl)C([2H])([2H])OS(=O)OC(C)COc1ccc(C(C)(C)C)cc1. The van der Waals surface area contributed by atoms with Crippen LogP contribution in [0.3, 0.4) is 0 Å². The third kappa shape index (κ3) is 7.27. The number of ether oxygens (including phenoxy) is 1. The fourth-order valence-corrected chi connectivity index (χ4v) is 2.05. The lowest BCUT2D eigenvalue weighted by atomic mass is 9.87. The van der Waals surface area contributed by atoms with Crippen LogP contribution in [0.1, 0.15) is 38.7 Å². The normalized spacial score (nSPS) is 18.9. The van der Waals surface area contributed by atoms with Gasteiger partial charge in [-0.15, -0.1) is 11.6 Å². The van der Waals surface area contributed by atoms with Crippen LogP contribution in [0.5, 0.6) is 5.75 Å². The minimum atomic E-state index is -2.97. The summed E-state index contributed by atoms with van der Waals surface area (Å²) in [5, 5.41) is 0. The van der Waals surface area contributed by atoms with E-state index in [4.69, 9.17) is 26.0 Å². The van der Waals surface area contributed by atoms with Crippen molar-refractivity contribution in [3.8, 4) is 5.75 Å². The Morgan fingerprint density at radius 3 is 2.48 bits per heavy atom. The predicted octanol–water partition coefficient (Wildman–Crippen LogP) is 3.60. The summed E-state index contributed by atoms with van der Waals surface area (Å²) < 4.78 is 55.2. The van der Waals surface area contributed by atoms with E-state index in [0.717, 1.165) is 5.56 Å². The topological polar surface area (TPSA) is 44.8 Å². The zero-order chi connectivity index (χ0) is 19.5. The second-order valence-electron chi connectivity index (χ2n) is 5.48. The van der Waals surface area contributed by atoms with Gasteiger partial charge in [0.2, 0.25) is 0 Å². The quantitative estimate of drug-likeness (QED) is 0.679. The van der Waals surface area contributed by atoms with E-state index in [1.54, 1.807) is 6.92 Å². The molecular formula is C15H23ClO4S. The van der Waals surface area contributed by atoms with Crippen molar-refractivity contribution in [2.45, 2.75) is 39.2 Å². The van der Waals surface area contributed by atoms with Crippen LogP contribution in [0.2, 0.25) is 0 Å². The second kappa shape index (κ2) is 8.73. The van der Waals surface area contributed by atoms with E-state index < -0.39 is 29.9 Å². The average Bonchev–Trinajstić information content (AvgIpc) is 2.42. The Morgan fingerprint density at radius 1 is 1.33 bits per heavy atom. The number of hydrogen-bond donors (Lipinski definition) is 0. The molecule has 1 aromatic rings. The highest BCUT2D eigenvalue weighted by atomic mass is 35.5. The van der Waals surface area contributed by atoms with Crippen LogP contribution >= 0.6 is 11.6 Å². The van der Waals surface area contributed by atoms with Crippen molar-refractivity contribution >= 4 is 23.0 Å². The number of rotatable bonds is 8. The fraction of sp³-hybridized carbons (Fsp3) is 0.600. The number of benzene rings is 1. The molecule has 0 aliphatic rings. The van der Waals surface area contributed by atoms with E-state index in [1.807, 2.05) is 24.3 Å². The Hall–Kier alpha value is -0.620. The van der Waals surface area contributed by atoms with Gasteiger partial charge in [-0.05, 0) is 30.0 Å². The first-order valence-corrected chi connectivity index (χ1v) is 7.81. The minimum absolute atomic E-state index is 0.0372. The molecule has 0 fully saturated rings. The molecule has 0 bridgehead atoms. The maximum Gasteiger partial charge on any atom is 0.305 e. The largest absolute Gasteiger partial charge is 0.491 e. The van der Waals surface area contributed by atoms with Crippen molar-refractivity contribution in [1.29, 1.82) is 0 Å². The molecule has 0 heterocycles. The van der Waals surface area contributed by atoms with Gasteiger partial charge >= 0.3 is 11.4 Å². The molecule has 2 unspecified atom stereocenters. The van der Waals surface area contributed by atoms with Gasteiger partial charge in [0.1, 0.15) is 18.5 Å². The summed E-state index contributed by atoms with van der Waals surface area (Å²) in [5.74, 6) is -2.23. The first-order chi connectivity index (χ1) is 11.2. The van der Waals surface area contributed by atoms with Gasteiger partial charge < -0.3 is 4.74 Å². The van der Waals surface area contributed by atoms with Crippen LogP contribution in [0.15, 0.2) is 24.3 Å². The van der Waals surface area contributed by atoms with Crippen molar-refractivity contribution in [1.82, 2.24) is 0 Å². The molecule has 0 saturated carbocycles. The Balaban J connectivity index is 2.50. The Bertz CT molecular complexity index is 585. The summed E-state index contributed by atoms with van der Waals surface area (Å²) in [5.41, 5.74) is 1.20.